The zero-order valence-electron chi connectivity index (χ0n) is 10.2. The maximum atomic E-state index is 11.4. The van der Waals surface area contributed by atoms with Crippen LogP contribution in [0.5, 0.6) is 5.88 Å². The summed E-state index contributed by atoms with van der Waals surface area (Å²) in [5.41, 5.74) is 2.35. The summed E-state index contributed by atoms with van der Waals surface area (Å²) in [5, 5.41) is 0. The van der Waals surface area contributed by atoms with E-state index in [1.807, 2.05) is 18.2 Å². The summed E-state index contributed by atoms with van der Waals surface area (Å²) >= 11 is 0. The predicted octanol–water partition coefficient (Wildman–Crippen LogP) is 2.54. The molecule has 1 aromatic heterocycles. The molecule has 0 spiro atoms. The molecule has 0 fully saturated rings. The highest BCUT2D eigenvalue weighted by atomic mass is 16.5. The van der Waals surface area contributed by atoms with E-state index >= 15 is 0 Å². The molecule has 0 saturated heterocycles. The number of ether oxygens (including phenoxy) is 2. The molecule has 4 nitrogen and oxygen atoms in total. The van der Waals surface area contributed by atoms with Crippen molar-refractivity contribution in [3.05, 3.63) is 48.2 Å². The Hall–Kier alpha value is -2.36. The largest absolute Gasteiger partial charge is 0.481 e. The lowest BCUT2D eigenvalue weighted by atomic mass is 10.0. The minimum absolute atomic E-state index is 0.349. The van der Waals surface area contributed by atoms with Gasteiger partial charge in [-0.05, 0) is 23.8 Å². The van der Waals surface area contributed by atoms with Gasteiger partial charge in [-0.3, -0.25) is 0 Å². The van der Waals surface area contributed by atoms with Gasteiger partial charge in [0.1, 0.15) is 0 Å². The molecule has 0 atom stereocenters. The van der Waals surface area contributed by atoms with Crippen molar-refractivity contribution in [1.29, 1.82) is 0 Å². The number of carbonyl (C=O) groups is 1. The van der Waals surface area contributed by atoms with Crippen LogP contribution in [-0.2, 0) is 4.74 Å². The number of pyridine rings is 1. The van der Waals surface area contributed by atoms with Gasteiger partial charge in [-0.2, -0.15) is 0 Å². The van der Waals surface area contributed by atoms with Crippen LogP contribution in [-0.4, -0.2) is 25.2 Å². The van der Waals surface area contributed by atoms with E-state index in [9.17, 15) is 4.79 Å². The number of carbonyl (C=O) groups excluding carboxylic acids is 1. The maximum Gasteiger partial charge on any atom is 0.337 e. The van der Waals surface area contributed by atoms with Gasteiger partial charge in [0.25, 0.3) is 0 Å². The van der Waals surface area contributed by atoms with Crippen molar-refractivity contribution in [1.82, 2.24) is 4.98 Å². The Morgan fingerprint density at radius 3 is 2.56 bits per heavy atom. The highest BCUT2D eigenvalue weighted by Crippen LogP contribution is 2.21. The van der Waals surface area contributed by atoms with Gasteiger partial charge < -0.3 is 9.47 Å². The summed E-state index contributed by atoms with van der Waals surface area (Å²) in [5.74, 6) is 0.209. The van der Waals surface area contributed by atoms with E-state index in [0.29, 0.717) is 11.4 Å². The van der Waals surface area contributed by atoms with Gasteiger partial charge in [0, 0.05) is 17.8 Å². The number of hydrogen-bond donors (Lipinski definition) is 0. The van der Waals surface area contributed by atoms with Crippen LogP contribution >= 0.6 is 0 Å². The number of nitrogens with zero attached hydrogens (tertiary/aromatic N) is 1. The van der Waals surface area contributed by atoms with Crippen molar-refractivity contribution in [2.24, 2.45) is 0 Å². The summed E-state index contributed by atoms with van der Waals surface area (Å²) in [7, 11) is 2.93. The van der Waals surface area contributed by atoms with Gasteiger partial charge in [0.2, 0.25) is 5.88 Å². The Morgan fingerprint density at radius 2 is 1.94 bits per heavy atom. The number of rotatable bonds is 3. The lowest BCUT2D eigenvalue weighted by Gasteiger charge is -2.05. The highest BCUT2D eigenvalue weighted by molar-refractivity contribution is 5.90. The van der Waals surface area contributed by atoms with E-state index in [-0.39, 0.29) is 5.97 Å². The third kappa shape index (κ3) is 2.48. The molecule has 2 rings (SSSR count). The molecule has 0 aliphatic heterocycles. The number of aromatic nitrogens is 1. The lowest BCUT2D eigenvalue weighted by molar-refractivity contribution is 0.0601. The number of benzene rings is 1. The second-order valence-electron chi connectivity index (χ2n) is 3.66. The van der Waals surface area contributed by atoms with Crippen molar-refractivity contribution in [3.63, 3.8) is 0 Å². The summed E-state index contributed by atoms with van der Waals surface area (Å²) in [6.07, 6.45) is 1.70. The van der Waals surface area contributed by atoms with Gasteiger partial charge in [0.05, 0.1) is 19.8 Å². The molecule has 18 heavy (non-hydrogen) atoms. The molecule has 0 amide bonds. The van der Waals surface area contributed by atoms with Crippen LogP contribution in [0.2, 0.25) is 0 Å². The first kappa shape index (κ1) is 12.1. The molecule has 4 heteroatoms. The van der Waals surface area contributed by atoms with Crippen LogP contribution in [0.25, 0.3) is 11.1 Å². The van der Waals surface area contributed by atoms with E-state index in [2.05, 4.69) is 9.72 Å². The first-order valence-electron chi connectivity index (χ1n) is 5.43. The Morgan fingerprint density at radius 1 is 1.11 bits per heavy atom. The first-order valence-corrected chi connectivity index (χ1v) is 5.43. The summed E-state index contributed by atoms with van der Waals surface area (Å²) in [6, 6.07) is 10.9. The molecule has 92 valence electrons. The van der Waals surface area contributed by atoms with Gasteiger partial charge >= 0.3 is 5.97 Å². The quantitative estimate of drug-likeness (QED) is 0.777. The summed E-state index contributed by atoms with van der Waals surface area (Å²) < 4.78 is 9.69. The van der Waals surface area contributed by atoms with Gasteiger partial charge in [-0.25, -0.2) is 9.78 Å². The minimum atomic E-state index is -0.349. The molecule has 0 aliphatic carbocycles. The van der Waals surface area contributed by atoms with Crippen LogP contribution in [0.15, 0.2) is 42.6 Å². The average molecular weight is 243 g/mol. The van der Waals surface area contributed by atoms with Crippen molar-refractivity contribution >= 4 is 5.97 Å². The summed E-state index contributed by atoms with van der Waals surface area (Å²) in [4.78, 5) is 15.6. The third-order valence-corrected chi connectivity index (χ3v) is 2.56. The van der Waals surface area contributed by atoms with Crippen molar-refractivity contribution in [2.45, 2.75) is 0 Å². The van der Waals surface area contributed by atoms with Gasteiger partial charge in [-0.1, -0.05) is 12.1 Å². The molecule has 0 saturated carbocycles. The predicted molar refractivity (Wildman–Crippen MR) is 67.6 cm³/mol. The molecule has 1 heterocycles. The number of esters is 1. The topological polar surface area (TPSA) is 48.4 Å². The first-order chi connectivity index (χ1) is 8.74. The minimum Gasteiger partial charge on any atom is -0.481 e. The number of methoxy groups -OCH3 is 2. The molecule has 0 bridgehead atoms. The molecule has 0 N–H and O–H groups in total. The fraction of sp³-hybridized carbons (Fsp3) is 0.143. The van der Waals surface area contributed by atoms with E-state index in [0.717, 1.165) is 11.1 Å². The van der Waals surface area contributed by atoms with E-state index < -0.39 is 0 Å². The molecule has 0 unspecified atom stereocenters. The summed E-state index contributed by atoms with van der Waals surface area (Å²) in [6.45, 7) is 0. The number of hydrogen-bond acceptors (Lipinski definition) is 4. The standard InChI is InChI=1S/C14H13NO3/c1-17-13-7-6-12(9-15-13)10-4-3-5-11(8-10)14(16)18-2/h3-9H,1-2H3. The van der Waals surface area contributed by atoms with Crippen LogP contribution in [0.4, 0.5) is 0 Å². The van der Waals surface area contributed by atoms with E-state index in [4.69, 9.17) is 4.74 Å². The molecular weight excluding hydrogens is 230 g/mol. The Bertz CT molecular complexity index is 549. The molecule has 1 aromatic carbocycles. The Kier molecular flexibility index (Phi) is 3.57. The fourth-order valence-electron chi connectivity index (χ4n) is 1.62. The normalized spacial score (nSPS) is 9.89. The smallest absolute Gasteiger partial charge is 0.337 e. The highest BCUT2D eigenvalue weighted by Gasteiger charge is 2.07. The second kappa shape index (κ2) is 5.31. The van der Waals surface area contributed by atoms with Crippen LogP contribution in [0.3, 0.4) is 0 Å². The van der Waals surface area contributed by atoms with Crippen LogP contribution in [0, 0.1) is 0 Å². The second-order valence-corrected chi connectivity index (χ2v) is 3.66. The average Bonchev–Trinajstić information content (AvgIpc) is 2.46. The fourth-order valence-corrected chi connectivity index (χ4v) is 1.62. The molecular formula is C14H13NO3. The zero-order chi connectivity index (χ0) is 13.0. The van der Waals surface area contributed by atoms with Crippen LogP contribution in [0.1, 0.15) is 10.4 Å². The monoisotopic (exact) mass is 243 g/mol. The molecule has 2 aromatic rings. The maximum absolute atomic E-state index is 11.4. The van der Waals surface area contributed by atoms with Gasteiger partial charge in [-0.15, -0.1) is 0 Å². The van der Waals surface area contributed by atoms with Gasteiger partial charge in [0.15, 0.2) is 0 Å². The Labute approximate surface area is 105 Å². The van der Waals surface area contributed by atoms with Crippen molar-refractivity contribution in [3.8, 4) is 17.0 Å². The van der Waals surface area contributed by atoms with E-state index in [1.165, 1.54) is 7.11 Å². The van der Waals surface area contributed by atoms with Crippen molar-refractivity contribution in [2.75, 3.05) is 14.2 Å². The van der Waals surface area contributed by atoms with E-state index in [1.54, 1.807) is 31.5 Å². The lowest BCUT2D eigenvalue weighted by Crippen LogP contribution is -2.00. The molecule has 0 radical (unpaired) electrons. The zero-order valence-corrected chi connectivity index (χ0v) is 10.2. The molecule has 0 aliphatic rings. The SMILES string of the molecule is COC(=O)c1cccc(-c2ccc(OC)nc2)c1. The van der Waals surface area contributed by atoms with Crippen LogP contribution < -0.4 is 4.74 Å². The Balaban J connectivity index is 2.35. The van der Waals surface area contributed by atoms with Crippen molar-refractivity contribution < 1.29 is 14.3 Å². The third-order valence-electron chi connectivity index (χ3n) is 2.56.